The van der Waals surface area contributed by atoms with Gasteiger partial charge in [-0.05, 0) is 24.3 Å². The highest BCUT2D eigenvalue weighted by atomic mass is 32.2. The molecule has 0 aliphatic heterocycles. The molecule has 0 saturated heterocycles. The van der Waals surface area contributed by atoms with Crippen LogP contribution in [0, 0.1) is 0 Å². The third-order valence-corrected chi connectivity index (χ3v) is 3.27. The summed E-state index contributed by atoms with van der Waals surface area (Å²) in [7, 11) is 0. The fourth-order valence-corrected chi connectivity index (χ4v) is 2.31. The number of hydrogen-bond donors (Lipinski definition) is 3. The Bertz CT molecular complexity index is 301. The van der Waals surface area contributed by atoms with Crippen LogP contribution >= 0.6 is 24.4 Å². The second kappa shape index (κ2) is 7.56. The van der Waals surface area contributed by atoms with Crippen LogP contribution in [-0.4, -0.2) is 32.2 Å². The van der Waals surface area contributed by atoms with E-state index in [1.54, 1.807) is 0 Å². The molecule has 0 unspecified atom stereocenters. The Hall–Kier alpha value is -0.690. The first kappa shape index (κ1) is 13.4. The molecule has 0 aliphatic carbocycles. The molecule has 4 N–H and O–H groups in total. The molecule has 0 aliphatic rings. The lowest BCUT2D eigenvalue weighted by Crippen LogP contribution is -2.07. The number of nitrogen functional groups attached to an aromatic ring is 2. The van der Waals surface area contributed by atoms with Crippen LogP contribution < -0.4 is 11.5 Å². The lowest BCUT2D eigenvalue weighted by Gasteiger charge is -2.02. The van der Waals surface area contributed by atoms with Gasteiger partial charge >= 0.3 is 0 Å². The average molecular weight is 259 g/mol. The summed E-state index contributed by atoms with van der Waals surface area (Å²) in [5.74, 6) is 4.16. The van der Waals surface area contributed by atoms with Gasteiger partial charge in [-0.1, -0.05) is 0 Å². The Balaban J connectivity index is 2.21. The normalized spacial score (nSPS) is 10.6. The van der Waals surface area contributed by atoms with Gasteiger partial charge in [0.05, 0.1) is 0 Å². The van der Waals surface area contributed by atoms with Crippen molar-refractivity contribution in [2.75, 3.05) is 28.7 Å². The summed E-state index contributed by atoms with van der Waals surface area (Å²) in [6, 6.07) is 0. The Morgan fingerprint density at radius 1 is 1.00 bits per heavy atom. The molecule has 16 heavy (non-hydrogen) atoms. The second-order valence-electron chi connectivity index (χ2n) is 3.26. The summed E-state index contributed by atoms with van der Waals surface area (Å²) in [5.41, 5.74) is 10.9. The molecule has 7 heteroatoms. The summed E-state index contributed by atoms with van der Waals surface area (Å²) in [5, 5.41) is 0. The molecular weight excluding hydrogens is 242 g/mol. The molecule has 0 spiro atoms. The standard InChI is InChI=1S/C9H17N5S2/c10-8-12-7(13-9(11)14-8)3-6-16-5-2-1-4-15/h15H,1-6H2,(H4,10,11,12,13,14). The minimum atomic E-state index is 0.197. The van der Waals surface area contributed by atoms with Gasteiger partial charge in [-0.3, -0.25) is 0 Å². The number of rotatable bonds is 7. The number of nitrogens with zero attached hydrogens (tertiary/aromatic N) is 3. The van der Waals surface area contributed by atoms with Gasteiger partial charge < -0.3 is 11.5 Å². The predicted octanol–water partition coefficient (Wildman–Crippen LogP) is 1.02. The van der Waals surface area contributed by atoms with Gasteiger partial charge in [0.15, 0.2) is 0 Å². The van der Waals surface area contributed by atoms with E-state index in [0.29, 0.717) is 5.82 Å². The molecule has 5 nitrogen and oxygen atoms in total. The Morgan fingerprint density at radius 2 is 1.69 bits per heavy atom. The van der Waals surface area contributed by atoms with Crippen LogP contribution in [0.4, 0.5) is 11.9 Å². The van der Waals surface area contributed by atoms with Gasteiger partial charge in [0, 0.05) is 12.2 Å². The molecule has 0 fully saturated rings. The van der Waals surface area contributed by atoms with E-state index in [-0.39, 0.29) is 11.9 Å². The Labute approximate surface area is 105 Å². The Morgan fingerprint density at radius 3 is 2.31 bits per heavy atom. The van der Waals surface area contributed by atoms with Crippen LogP contribution in [0.25, 0.3) is 0 Å². The number of unbranched alkanes of at least 4 members (excludes halogenated alkanes) is 1. The highest BCUT2D eigenvalue weighted by Gasteiger charge is 2.01. The molecule has 0 amide bonds. The topological polar surface area (TPSA) is 90.7 Å². The molecule has 1 aromatic heterocycles. The van der Waals surface area contributed by atoms with Crippen molar-refractivity contribution in [2.24, 2.45) is 0 Å². The van der Waals surface area contributed by atoms with E-state index in [1.807, 2.05) is 11.8 Å². The summed E-state index contributed by atoms with van der Waals surface area (Å²) in [6.07, 6.45) is 3.15. The largest absolute Gasteiger partial charge is 0.368 e. The summed E-state index contributed by atoms with van der Waals surface area (Å²) < 4.78 is 0. The fourth-order valence-electron chi connectivity index (χ4n) is 1.15. The fraction of sp³-hybridized carbons (Fsp3) is 0.667. The van der Waals surface area contributed by atoms with Crippen LogP contribution in [0.3, 0.4) is 0 Å². The zero-order valence-corrected chi connectivity index (χ0v) is 10.8. The van der Waals surface area contributed by atoms with E-state index in [2.05, 4.69) is 27.6 Å². The van der Waals surface area contributed by atoms with Crippen LogP contribution in [0.2, 0.25) is 0 Å². The lowest BCUT2D eigenvalue weighted by atomic mass is 10.4. The number of nitrogens with two attached hydrogens (primary N) is 2. The van der Waals surface area contributed by atoms with Crippen molar-refractivity contribution in [2.45, 2.75) is 19.3 Å². The first-order chi connectivity index (χ1) is 7.72. The van der Waals surface area contributed by atoms with E-state index in [4.69, 9.17) is 11.5 Å². The van der Waals surface area contributed by atoms with Gasteiger partial charge in [-0.15, -0.1) is 0 Å². The van der Waals surface area contributed by atoms with E-state index >= 15 is 0 Å². The van der Waals surface area contributed by atoms with Crippen LogP contribution in [0.5, 0.6) is 0 Å². The van der Waals surface area contributed by atoms with Crippen molar-refractivity contribution in [3.63, 3.8) is 0 Å². The van der Waals surface area contributed by atoms with Crippen molar-refractivity contribution in [3.8, 4) is 0 Å². The first-order valence-corrected chi connectivity index (χ1v) is 6.95. The van der Waals surface area contributed by atoms with Gasteiger partial charge in [-0.25, -0.2) is 0 Å². The van der Waals surface area contributed by atoms with E-state index in [9.17, 15) is 0 Å². The summed E-state index contributed by atoms with van der Waals surface area (Å²) in [4.78, 5) is 11.8. The summed E-state index contributed by atoms with van der Waals surface area (Å²) in [6.45, 7) is 0. The van der Waals surface area contributed by atoms with Crippen LogP contribution in [-0.2, 0) is 6.42 Å². The maximum absolute atomic E-state index is 5.47. The van der Waals surface area contributed by atoms with Crippen LogP contribution in [0.1, 0.15) is 18.7 Å². The predicted molar refractivity (Wildman–Crippen MR) is 72.8 cm³/mol. The maximum Gasteiger partial charge on any atom is 0.225 e. The highest BCUT2D eigenvalue weighted by Crippen LogP contribution is 2.08. The SMILES string of the molecule is Nc1nc(N)nc(CCSCCCCS)n1. The van der Waals surface area contributed by atoms with E-state index in [1.165, 1.54) is 12.8 Å². The van der Waals surface area contributed by atoms with Crippen molar-refractivity contribution in [1.29, 1.82) is 0 Å². The van der Waals surface area contributed by atoms with Crippen molar-refractivity contribution < 1.29 is 0 Å². The lowest BCUT2D eigenvalue weighted by molar-refractivity contribution is 0.901. The highest BCUT2D eigenvalue weighted by molar-refractivity contribution is 7.99. The first-order valence-electron chi connectivity index (χ1n) is 5.17. The van der Waals surface area contributed by atoms with Gasteiger partial charge in [0.1, 0.15) is 5.82 Å². The minimum Gasteiger partial charge on any atom is -0.368 e. The van der Waals surface area contributed by atoms with Crippen molar-refractivity contribution >= 4 is 36.3 Å². The third-order valence-electron chi connectivity index (χ3n) is 1.88. The maximum atomic E-state index is 5.47. The molecular formula is C9H17N5S2. The van der Waals surface area contributed by atoms with Crippen molar-refractivity contribution in [3.05, 3.63) is 5.82 Å². The monoisotopic (exact) mass is 259 g/mol. The molecule has 1 heterocycles. The number of thioether (sulfide) groups is 1. The minimum absolute atomic E-state index is 0.197. The second-order valence-corrected chi connectivity index (χ2v) is 4.93. The molecule has 0 radical (unpaired) electrons. The molecule has 1 rings (SSSR count). The van der Waals surface area contributed by atoms with Gasteiger partial charge in [0.2, 0.25) is 11.9 Å². The third kappa shape index (κ3) is 5.41. The van der Waals surface area contributed by atoms with Crippen LogP contribution in [0.15, 0.2) is 0 Å². The van der Waals surface area contributed by atoms with E-state index < -0.39 is 0 Å². The zero-order chi connectivity index (χ0) is 11.8. The molecule has 0 aromatic carbocycles. The average Bonchev–Trinajstić information content (AvgIpc) is 2.22. The quantitative estimate of drug-likeness (QED) is 0.500. The number of anilines is 2. The van der Waals surface area contributed by atoms with Crippen molar-refractivity contribution in [1.82, 2.24) is 15.0 Å². The number of aryl methyl sites for hydroxylation is 1. The summed E-state index contributed by atoms with van der Waals surface area (Å²) >= 11 is 6.05. The zero-order valence-electron chi connectivity index (χ0n) is 9.09. The molecule has 0 saturated carbocycles. The molecule has 1 aromatic rings. The van der Waals surface area contributed by atoms with E-state index in [0.717, 1.165) is 23.7 Å². The molecule has 90 valence electrons. The van der Waals surface area contributed by atoms with Gasteiger partial charge in [-0.2, -0.15) is 39.3 Å². The smallest absolute Gasteiger partial charge is 0.225 e. The Kier molecular flexibility index (Phi) is 6.32. The number of thiol groups is 1. The van der Waals surface area contributed by atoms with Gasteiger partial charge in [0.25, 0.3) is 0 Å². The molecule has 0 bridgehead atoms. The number of aromatic nitrogens is 3. The molecule has 0 atom stereocenters. The number of hydrogen-bond acceptors (Lipinski definition) is 7.